The van der Waals surface area contributed by atoms with Gasteiger partial charge >= 0.3 is 0 Å². The molecule has 1 aromatic carbocycles. The predicted molar refractivity (Wildman–Crippen MR) is 109 cm³/mol. The summed E-state index contributed by atoms with van der Waals surface area (Å²) >= 11 is 0. The van der Waals surface area contributed by atoms with E-state index < -0.39 is 0 Å². The molecule has 4 nitrogen and oxygen atoms in total. The molecule has 2 aliphatic carbocycles. The van der Waals surface area contributed by atoms with E-state index in [-0.39, 0.29) is 5.41 Å². The molecule has 3 fully saturated rings. The van der Waals surface area contributed by atoms with Gasteiger partial charge in [0.1, 0.15) is 0 Å². The summed E-state index contributed by atoms with van der Waals surface area (Å²) in [5, 5.41) is 7.24. The normalized spacial score (nSPS) is 26.2. The van der Waals surface area contributed by atoms with Crippen LogP contribution < -0.4 is 10.6 Å². The van der Waals surface area contributed by atoms with E-state index in [2.05, 4.69) is 50.9 Å². The summed E-state index contributed by atoms with van der Waals surface area (Å²) in [6.45, 7) is 4.58. The van der Waals surface area contributed by atoms with Crippen molar-refractivity contribution < 1.29 is 0 Å². The number of likely N-dealkylation sites (tertiary alicyclic amines) is 1. The van der Waals surface area contributed by atoms with Crippen LogP contribution in [0.5, 0.6) is 0 Å². The zero-order valence-corrected chi connectivity index (χ0v) is 16.2. The van der Waals surface area contributed by atoms with Crippen molar-refractivity contribution in [2.24, 2.45) is 10.9 Å². The molecule has 2 N–H and O–H groups in total. The van der Waals surface area contributed by atoms with Crippen molar-refractivity contribution in [1.29, 1.82) is 0 Å². The molecule has 1 heterocycles. The minimum absolute atomic E-state index is 0.273. The van der Waals surface area contributed by atoms with E-state index in [0.717, 1.165) is 31.0 Å². The number of benzene rings is 1. The lowest BCUT2D eigenvalue weighted by molar-refractivity contribution is 0.314. The molecule has 2 saturated carbocycles. The van der Waals surface area contributed by atoms with Crippen molar-refractivity contribution in [3.63, 3.8) is 0 Å². The Kier molecular flexibility index (Phi) is 5.49. The maximum absolute atomic E-state index is 4.48. The second-order valence-corrected chi connectivity index (χ2v) is 8.54. The first-order valence-electron chi connectivity index (χ1n) is 10.5. The summed E-state index contributed by atoms with van der Waals surface area (Å²) in [5.74, 6) is 1.74. The molecule has 4 heteroatoms. The van der Waals surface area contributed by atoms with Crippen molar-refractivity contribution >= 4 is 5.96 Å². The van der Waals surface area contributed by atoms with Gasteiger partial charge in [-0.1, -0.05) is 43.2 Å². The first-order chi connectivity index (χ1) is 12.8. The van der Waals surface area contributed by atoms with Crippen molar-refractivity contribution in [3.8, 4) is 0 Å². The quantitative estimate of drug-likeness (QED) is 0.609. The second-order valence-electron chi connectivity index (χ2n) is 8.54. The van der Waals surface area contributed by atoms with E-state index in [1.807, 2.05) is 7.05 Å². The van der Waals surface area contributed by atoms with Crippen molar-refractivity contribution in [3.05, 3.63) is 35.9 Å². The van der Waals surface area contributed by atoms with Gasteiger partial charge in [0.25, 0.3) is 0 Å². The monoisotopic (exact) mass is 354 g/mol. The van der Waals surface area contributed by atoms with E-state index in [9.17, 15) is 0 Å². The van der Waals surface area contributed by atoms with E-state index >= 15 is 0 Å². The molecular formula is C22H34N4. The van der Waals surface area contributed by atoms with Crippen molar-refractivity contribution in [1.82, 2.24) is 15.5 Å². The summed E-state index contributed by atoms with van der Waals surface area (Å²) in [7, 11) is 1.89. The first kappa shape index (κ1) is 17.8. The highest BCUT2D eigenvalue weighted by atomic mass is 15.2. The molecule has 26 heavy (non-hydrogen) atoms. The van der Waals surface area contributed by atoms with Crippen LogP contribution in [0.3, 0.4) is 0 Å². The number of nitrogens with one attached hydrogen (secondary N) is 2. The highest BCUT2D eigenvalue weighted by molar-refractivity contribution is 5.79. The SMILES string of the molecule is CN=C(NCC1CCN(C2CC2)C1)NCC1(c2ccccc2)CCCC1. The topological polar surface area (TPSA) is 39.7 Å². The molecule has 1 unspecified atom stereocenters. The van der Waals surface area contributed by atoms with Gasteiger partial charge in [-0.2, -0.15) is 0 Å². The Balaban J connectivity index is 1.29. The lowest BCUT2D eigenvalue weighted by Crippen LogP contribution is -2.46. The molecule has 1 aromatic rings. The number of hydrogen-bond acceptors (Lipinski definition) is 2. The summed E-state index contributed by atoms with van der Waals surface area (Å²) in [6, 6.07) is 12.0. The van der Waals surface area contributed by atoms with Crippen LogP contribution in [-0.4, -0.2) is 50.1 Å². The molecule has 142 valence electrons. The second kappa shape index (κ2) is 7.99. The van der Waals surface area contributed by atoms with Crippen LogP contribution in [0.2, 0.25) is 0 Å². The zero-order valence-electron chi connectivity index (χ0n) is 16.2. The Morgan fingerprint density at radius 1 is 1.12 bits per heavy atom. The molecule has 0 amide bonds. The highest BCUT2D eigenvalue weighted by Crippen LogP contribution is 2.40. The van der Waals surface area contributed by atoms with Gasteiger partial charge in [0.15, 0.2) is 5.96 Å². The predicted octanol–water partition coefficient (Wildman–Crippen LogP) is 3.15. The van der Waals surface area contributed by atoms with Crippen molar-refractivity contribution in [2.45, 2.75) is 56.4 Å². The maximum Gasteiger partial charge on any atom is 0.191 e. The number of guanidine groups is 1. The average molecular weight is 355 g/mol. The third-order valence-corrected chi connectivity index (χ3v) is 6.70. The molecule has 1 saturated heterocycles. The fraction of sp³-hybridized carbons (Fsp3) is 0.682. The van der Waals surface area contributed by atoms with E-state index in [0.29, 0.717) is 0 Å². The fourth-order valence-electron chi connectivity index (χ4n) is 4.93. The van der Waals surface area contributed by atoms with Gasteiger partial charge in [0.2, 0.25) is 0 Å². The molecule has 1 aliphatic heterocycles. The summed E-state index contributed by atoms with van der Waals surface area (Å²) < 4.78 is 0. The van der Waals surface area contributed by atoms with Gasteiger partial charge in [-0.25, -0.2) is 0 Å². The minimum Gasteiger partial charge on any atom is -0.356 e. The van der Waals surface area contributed by atoms with Gasteiger partial charge in [-0.05, 0) is 50.1 Å². The Morgan fingerprint density at radius 2 is 1.88 bits per heavy atom. The van der Waals surface area contributed by atoms with Crippen LogP contribution in [-0.2, 0) is 5.41 Å². The minimum atomic E-state index is 0.273. The van der Waals surface area contributed by atoms with Gasteiger partial charge in [-0.3, -0.25) is 4.99 Å². The molecule has 4 rings (SSSR count). The molecule has 3 aliphatic rings. The summed E-state index contributed by atoms with van der Waals surface area (Å²) in [5.41, 5.74) is 1.76. The van der Waals surface area contributed by atoms with Gasteiger partial charge in [0.05, 0.1) is 0 Å². The zero-order chi connectivity index (χ0) is 17.8. The van der Waals surface area contributed by atoms with E-state index in [1.165, 1.54) is 63.6 Å². The number of hydrogen-bond donors (Lipinski definition) is 2. The van der Waals surface area contributed by atoms with E-state index in [4.69, 9.17) is 0 Å². The van der Waals surface area contributed by atoms with Gasteiger partial charge in [0, 0.05) is 38.1 Å². The van der Waals surface area contributed by atoms with Crippen LogP contribution in [0.15, 0.2) is 35.3 Å². The molecular weight excluding hydrogens is 320 g/mol. The third-order valence-electron chi connectivity index (χ3n) is 6.70. The lowest BCUT2D eigenvalue weighted by atomic mass is 9.79. The Morgan fingerprint density at radius 3 is 2.58 bits per heavy atom. The van der Waals surface area contributed by atoms with Gasteiger partial charge < -0.3 is 15.5 Å². The van der Waals surface area contributed by atoms with Crippen LogP contribution in [0, 0.1) is 5.92 Å². The van der Waals surface area contributed by atoms with E-state index in [1.54, 1.807) is 0 Å². The lowest BCUT2D eigenvalue weighted by Gasteiger charge is -2.31. The maximum atomic E-state index is 4.48. The number of nitrogens with zero attached hydrogens (tertiary/aromatic N) is 2. The van der Waals surface area contributed by atoms with Gasteiger partial charge in [-0.15, -0.1) is 0 Å². The smallest absolute Gasteiger partial charge is 0.191 e. The Labute approximate surface area is 158 Å². The number of rotatable bonds is 6. The summed E-state index contributed by atoms with van der Waals surface area (Å²) in [4.78, 5) is 7.17. The highest BCUT2D eigenvalue weighted by Gasteiger charge is 2.36. The first-order valence-corrected chi connectivity index (χ1v) is 10.5. The Bertz CT molecular complexity index is 602. The third kappa shape index (κ3) is 4.06. The van der Waals surface area contributed by atoms with Crippen LogP contribution in [0.25, 0.3) is 0 Å². The average Bonchev–Trinajstić information content (AvgIpc) is 3.23. The van der Waals surface area contributed by atoms with Crippen LogP contribution in [0.4, 0.5) is 0 Å². The largest absolute Gasteiger partial charge is 0.356 e. The molecule has 0 bridgehead atoms. The fourth-order valence-corrected chi connectivity index (χ4v) is 4.93. The molecule has 0 spiro atoms. The molecule has 0 aromatic heterocycles. The molecule has 0 radical (unpaired) electrons. The number of aliphatic imine (C=N–C) groups is 1. The van der Waals surface area contributed by atoms with Crippen molar-refractivity contribution in [2.75, 3.05) is 33.2 Å². The van der Waals surface area contributed by atoms with Crippen LogP contribution in [0.1, 0.15) is 50.5 Å². The standard InChI is InChI=1S/C22H34N4/c1-23-21(24-15-18-11-14-26(16-18)20-9-10-20)25-17-22(12-5-6-13-22)19-7-3-2-4-8-19/h2-4,7-8,18,20H,5-6,9-17H2,1H3,(H2,23,24,25). The Hall–Kier alpha value is -1.55. The van der Waals surface area contributed by atoms with Crippen LogP contribution >= 0.6 is 0 Å². The molecule has 1 atom stereocenters. The summed E-state index contributed by atoms with van der Waals surface area (Å²) in [6.07, 6.45) is 9.40.